The Morgan fingerprint density at radius 3 is 2.44 bits per heavy atom. The molecule has 146 valence electrons. The Kier molecular flexibility index (Phi) is 7.08. The minimum Gasteiger partial charge on any atom is -0.481 e. The first kappa shape index (κ1) is 20.6. The SMILES string of the molecule is CC(C)Oc1cc(C(=O)Nc2nc(CC(=O)O)cs2)cc(OC(C)CO)n1. The summed E-state index contributed by atoms with van der Waals surface area (Å²) in [7, 11) is 0. The van der Waals surface area contributed by atoms with E-state index in [1.54, 1.807) is 12.3 Å². The number of amides is 1. The smallest absolute Gasteiger partial charge is 0.309 e. The van der Waals surface area contributed by atoms with E-state index in [2.05, 4.69) is 15.3 Å². The van der Waals surface area contributed by atoms with Crippen molar-refractivity contribution in [3.63, 3.8) is 0 Å². The number of ether oxygens (including phenoxy) is 2. The molecule has 0 saturated heterocycles. The molecular weight excluding hydrogens is 374 g/mol. The third-order valence-corrected chi connectivity index (χ3v) is 3.89. The molecule has 1 unspecified atom stereocenters. The Bertz CT molecular complexity index is 808. The van der Waals surface area contributed by atoms with Crippen molar-refractivity contribution in [1.82, 2.24) is 9.97 Å². The molecule has 0 radical (unpaired) electrons. The highest BCUT2D eigenvalue weighted by Crippen LogP contribution is 2.22. The van der Waals surface area contributed by atoms with Crippen molar-refractivity contribution in [2.45, 2.75) is 39.4 Å². The van der Waals surface area contributed by atoms with E-state index in [1.165, 1.54) is 12.1 Å². The van der Waals surface area contributed by atoms with Crippen LogP contribution in [0.2, 0.25) is 0 Å². The zero-order valence-electron chi connectivity index (χ0n) is 15.1. The summed E-state index contributed by atoms with van der Waals surface area (Å²) in [5.74, 6) is -1.11. The quantitative estimate of drug-likeness (QED) is 0.587. The summed E-state index contributed by atoms with van der Waals surface area (Å²) in [6, 6.07) is 2.90. The molecule has 1 atom stereocenters. The number of carboxylic acid groups (broad SMARTS) is 1. The van der Waals surface area contributed by atoms with Gasteiger partial charge in [0.2, 0.25) is 11.8 Å². The predicted molar refractivity (Wildman–Crippen MR) is 98.6 cm³/mol. The number of aromatic nitrogens is 2. The van der Waals surface area contributed by atoms with Crippen LogP contribution in [0.5, 0.6) is 11.8 Å². The Labute approximate surface area is 160 Å². The van der Waals surface area contributed by atoms with Crippen molar-refractivity contribution >= 4 is 28.3 Å². The number of anilines is 1. The molecule has 9 nitrogen and oxygen atoms in total. The first-order valence-corrected chi connectivity index (χ1v) is 9.08. The van der Waals surface area contributed by atoms with Gasteiger partial charge in [0.25, 0.3) is 5.91 Å². The van der Waals surface area contributed by atoms with Gasteiger partial charge >= 0.3 is 5.97 Å². The van der Waals surface area contributed by atoms with E-state index in [9.17, 15) is 9.59 Å². The largest absolute Gasteiger partial charge is 0.481 e. The molecule has 2 aromatic rings. The second-order valence-corrected chi connectivity index (χ2v) is 6.84. The molecule has 2 heterocycles. The van der Waals surface area contributed by atoms with Gasteiger partial charge in [-0.2, -0.15) is 4.98 Å². The molecule has 3 N–H and O–H groups in total. The van der Waals surface area contributed by atoms with Gasteiger partial charge in [-0.15, -0.1) is 11.3 Å². The fourth-order valence-corrected chi connectivity index (χ4v) is 2.69. The zero-order valence-corrected chi connectivity index (χ0v) is 15.9. The van der Waals surface area contributed by atoms with Crippen molar-refractivity contribution in [1.29, 1.82) is 0 Å². The number of aliphatic carboxylic acids is 1. The van der Waals surface area contributed by atoms with Crippen LogP contribution in [0.3, 0.4) is 0 Å². The van der Waals surface area contributed by atoms with E-state index in [1.807, 2.05) is 13.8 Å². The van der Waals surface area contributed by atoms with Crippen molar-refractivity contribution in [2.24, 2.45) is 0 Å². The lowest BCUT2D eigenvalue weighted by molar-refractivity contribution is -0.136. The third kappa shape index (κ3) is 6.50. The lowest BCUT2D eigenvalue weighted by Crippen LogP contribution is -2.19. The maximum Gasteiger partial charge on any atom is 0.309 e. The Morgan fingerprint density at radius 2 is 1.85 bits per heavy atom. The number of aliphatic hydroxyl groups excluding tert-OH is 1. The van der Waals surface area contributed by atoms with Crippen LogP contribution >= 0.6 is 11.3 Å². The average molecular weight is 395 g/mol. The summed E-state index contributed by atoms with van der Waals surface area (Å²) < 4.78 is 11.0. The predicted octanol–water partition coefficient (Wildman–Crippen LogP) is 1.96. The molecule has 0 aliphatic carbocycles. The lowest BCUT2D eigenvalue weighted by Gasteiger charge is -2.15. The number of rotatable bonds is 9. The van der Waals surface area contributed by atoms with E-state index in [0.29, 0.717) is 5.69 Å². The number of carbonyl (C=O) groups excluding carboxylic acids is 1. The molecule has 27 heavy (non-hydrogen) atoms. The number of thiazole rings is 1. The number of carboxylic acids is 1. The Balaban J connectivity index is 2.20. The van der Waals surface area contributed by atoms with Gasteiger partial charge in [-0.3, -0.25) is 14.9 Å². The minimum absolute atomic E-state index is 0.144. The summed E-state index contributed by atoms with van der Waals surface area (Å²) in [4.78, 5) is 31.5. The molecule has 1 amide bonds. The van der Waals surface area contributed by atoms with Crippen molar-refractivity contribution in [2.75, 3.05) is 11.9 Å². The van der Waals surface area contributed by atoms with E-state index in [-0.39, 0.29) is 41.6 Å². The third-order valence-electron chi connectivity index (χ3n) is 3.08. The first-order chi connectivity index (χ1) is 12.8. The van der Waals surface area contributed by atoms with Crippen LogP contribution in [0.25, 0.3) is 0 Å². The highest BCUT2D eigenvalue weighted by atomic mass is 32.1. The van der Waals surface area contributed by atoms with Gasteiger partial charge in [0.05, 0.1) is 30.4 Å². The van der Waals surface area contributed by atoms with Crippen molar-refractivity contribution in [3.8, 4) is 11.8 Å². The molecule has 10 heteroatoms. The van der Waals surface area contributed by atoms with Crippen LogP contribution in [-0.2, 0) is 11.2 Å². The fourth-order valence-electron chi connectivity index (χ4n) is 1.99. The van der Waals surface area contributed by atoms with Crippen LogP contribution in [0.4, 0.5) is 5.13 Å². The minimum atomic E-state index is -0.998. The first-order valence-electron chi connectivity index (χ1n) is 8.20. The van der Waals surface area contributed by atoms with Gasteiger partial charge in [0, 0.05) is 17.5 Å². The molecular formula is C17H21N3O6S. The fraction of sp³-hybridized carbons (Fsp3) is 0.412. The number of carbonyl (C=O) groups is 2. The van der Waals surface area contributed by atoms with E-state index in [4.69, 9.17) is 19.7 Å². The lowest BCUT2D eigenvalue weighted by atomic mass is 10.2. The molecule has 0 aromatic carbocycles. The van der Waals surface area contributed by atoms with Gasteiger partial charge in [0.15, 0.2) is 5.13 Å². The topological polar surface area (TPSA) is 131 Å². The maximum atomic E-state index is 12.5. The average Bonchev–Trinajstić information content (AvgIpc) is 2.99. The molecule has 0 bridgehead atoms. The number of hydrogen-bond donors (Lipinski definition) is 3. The Morgan fingerprint density at radius 1 is 1.19 bits per heavy atom. The molecule has 0 aliphatic rings. The monoisotopic (exact) mass is 395 g/mol. The molecule has 0 saturated carbocycles. The number of nitrogens with zero attached hydrogens (tertiary/aromatic N) is 2. The summed E-state index contributed by atoms with van der Waals surface area (Å²) in [5.41, 5.74) is 0.595. The highest BCUT2D eigenvalue weighted by Gasteiger charge is 2.16. The maximum absolute atomic E-state index is 12.5. The molecule has 2 rings (SSSR count). The number of aliphatic hydroxyl groups is 1. The second kappa shape index (κ2) is 9.28. The van der Waals surface area contributed by atoms with Crippen LogP contribution in [-0.4, -0.2) is 50.9 Å². The molecule has 2 aromatic heterocycles. The molecule has 0 aliphatic heterocycles. The van der Waals surface area contributed by atoms with Gasteiger partial charge in [-0.1, -0.05) is 0 Å². The highest BCUT2D eigenvalue weighted by molar-refractivity contribution is 7.14. The summed E-state index contributed by atoms with van der Waals surface area (Å²) in [5, 5.41) is 22.4. The number of pyridine rings is 1. The summed E-state index contributed by atoms with van der Waals surface area (Å²) in [6.07, 6.45) is -0.873. The van der Waals surface area contributed by atoms with Gasteiger partial charge in [0.1, 0.15) is 6.10 Å². The van der Waals surface area contributed by atoms with Crippen LogP contribution in [0, 0.1) is 0 Å². The van der Waals surface area contributed by atoms with E-state index >= 15 is 0 Å². The van der Waals surface area contributed by atoms with Gasteiger partial charge < -0.3 is 19.7 Å². The normalized spacial score (nSPS) is 11.9. The Hall–Kier alpha value is -2.72. The second-order valence-electron chi connectivity index (χ2n) is 5.98. The van der Waals surface area contributed by atoms with Crippen molar-refractivity contribution < 1.29 is 29.3 Å². The molecule has 0 fully saturated rings. The van der Waals surface area contributed by atoms with E-state index in [0.717, 1.165) is 11.3 Å². The van der Waals surface area contributed by atoms with Crippen LogP contribution in [0.15, 0.2) is 17.5 Å². The number of nitrogens with one attached hydrogen (secondary N) is 1. The standard InChI is InChI=1S/C17H21N3O6S/c1-9(2)25-13-4-11(5-14(19-13)26-10(3)7-21)16(24)20-17-18-12(8-27-17)6-15(22)23/h4-5,8-10,21H,6-7H2,1-3H3,(H,22,23)(H,18,20,24). The zero-order chi connectivity index (χ0) is 20.0. The van der Waals surface area contributed by atoms with Crippen LogP contribution < -0.4 is 14.8 Å². The van der Waals surface area contributed by atoms with Gasteiger partial charge in [-0.25, -0.2) is 4.98 Å². The van der Waals surface area contributed by atoms with Crippen LogP contribution in [0.1, 0.15) is 36.8 Å². The summed E-state index contributed by atoms with van der Waals surface area (Å²) in [6.45, 7) is 5.11. The van der Waals surface area contributed by atoms with Crippen molar-refractivity contribution in [3.05, 3.63) is 28.8 Å². The number of hydrogen-bond acceptors (Lipinski definition) is 8. The van der Waals surface area contributed by atoms with E-state index < -0.39 is 18.0 Å². The molecule has 0 spiro atoms. The summed E-state index contributed by atoms with van der Waals surface area (Å²) >= 11 is 1.13. The van der Waals surface area contributed by atoms with Gasteiger partial charge in [-0.05, 0) is 20.8 Å².